The van der Waals surface area contributed by atoms with Crippen LogP contribution < -0.4 is 14.9 Å². The van der Waals surface area contributed by atoms with Gasteiger partial charge in [0.15, 0.2) is 28.8 Å². The van der Waals surface area contributed by atoms with E-state index in [1.54, 1.807) is 0 Å². The van der Waals surface area contributed by atoms with Gasteiger partial charge in [0, 0.05) is 11.1 Å². The van der Waals surface area contributed by atoms with Crippen LogP contribution in [0.2, 0.25) is 0 Å². The first kappa shape index (κ1) is 17.3. The summed E-state index contributed by atoms with van der Waals surface area (Å²) in [7, 11) is 2.50. The fraction of sp³-hybridized carbons (Fsp3) is 0.167. The zero-order chi connectivity index (χ0) is 19.2. The molecular weight excluding hydrogens is 344 g/mol. The number of aromatic hydroxyl groups is 4. The molecule has 8 heteroatoms. The Bertz CT molecular complexity index is 1080. The van der Waals surface area contributed by atoms with Crippen molar-refractivity contribution in [1.82, 2.24) is 0 Å². The third kappa shape index (κ3) is 2.34. The van der Waals surface area contributed by atoms with Gasteiger partial charge in [0.05, 0.1) is 14.2 Å². The lowest BCUT2D eigenvalue weighted by Gasteiger charge is -2.14. The van der Waals surface area contributed by atoms with Crippen molar-refractivity contribution in [2.75, 3.05) is 14.2 Å². The minimum absolute atomic E-state index is 0.0348. The molecule has 0 radical (unpaired) electrons. The van der Waals surface area contributed by atoms with Gasteiger partial charge >= 0.3 is 0 Å². The molecule has 0 saturated carbocycles. The molecule has 4 N–H and O–H groups in total. The molecule has 0 aliphatic rings. The molecular formula is C18H16O8. The van der Waals surface area contributed by atoms with Crippen LogP contribution in [0.5, 0.6) is 34.5 Å². The van der Waals surface area contributed by atoms with Crippen LogP contribution in [0.4, 0.5) is 0 Å². The molecule has 3 aromatic rings. The quantitative estimate of drug-likeness (QED) is 0.525. The molecule has 2 aromatic carbocycles. The molecule has 26 heavy (non-hydrogen) atoms. The molecule has 0 bridgehead atoms. The van der Waals surface area contributed by atoms with Crippen LogP contribution >= 0.6 is 0 Å². The van der Waals surface area contributed by atoms with Gasteiger partial charge in [-0.25, -0.2) is 0 Å². The highest BCUT2D eigenvalue weighted by Gasteiger charge is 2.26. The van der Waals surface area contributed by atoms with E-state index in [4.69, 9.17) is 13.9 Å². The fourth-order valence-corrected chi connectivity index (χ4v) is 2.74. The molecule has 3 rings (SSSR count). The van der Waals surface area contributed by atoms with Crippen LogP contribution in [0.15, 0.2) is 27.4 Å². The molecule has 0 atom stereocenters. The van der Waals surface area contributed by atoms with Crippen LogP contribution in [0.1, 0.15) is 5.56 Å². The average Bonchev–Trinajstić information content (AvgIpc) is 2.61. The zero-order valence-electron chi connectivity index (χ0n) is 14.2. The summed E-state index contributed by atoms with van der Waals surface area (Å²) in [5.41, 5.74) is -0.312. The molecule has 0 amide bonds. The third-order valence-electron chi connectivity index (χ3n) is 4.08. The van der Waals surface area contributed by atoms with Crippen molar-refractivity contribution < 1.29 is 34.3 Å². The maximum atomic E-state index is 12.9. The summed E-state index contributed by atoms with van der Waals surface area (Å²) in [5.74, 6) is -2.20. The Morgan fingerprint density at radius 2 is 1.58 bits per heavy atom. The highest BCUT2D eigenvalue weighted by molar-refractivity contribution is 5.94. The zero-order valence-corrected chi connectivity index (χ0v) is 14.2. The van der Waals surface area contributed by atoms with E-state index in [9.17, 15) is 25.2 Å². The Hall–Kier alpha value is -3.55. The summed E-state index contributed by atoms with van der Waals surface area (Å²) < 4.78 is 15.8. The van der Waals surface area contributed by atoms with Crippen LogP contribution in [-0.2, 0) is 0 Å². The second kappa shape index (κ2) is 6.07. The Morgan fingerprint density at radius 1 is 0.923 bits per heavy atom. The van der Waals surface area contributed by atoms with E-state index in [0.717, 1.165) is 0 Å². The molecule has 136 valence electrons. The Morgan fingerprint density at radius 3 is 2.15 bits per heavy atom. The molecule has 8 nitrogen and oxygen atoms in total. The van der Waals surface area contributed by atoms with Gasteiger partial charge in [-0.05, 0) is 25.1 Å². The number of phenols is 4. The van der Waals surface area contributed by atoms with Gasteiger partial charge in [0.2, 0.25) is 16.9 Å². The number of methoxy groups -OCH3 is 2. The molecule has 1 aromatic heterocycles. The number of hydrogen-bond acceptors (Lipinski definition) is 8. The molecule has 1 heterocycles. The third-order valence-corrected chi connectivity index (χ3v) is 4.08. The maximum absolute atomic E-state index is 12.9. The van der Waals surface area contributed by atoms with E-state index in [-0.39, 0.29) is 50.9 Å². The van der Waals surface area contributed by atoms with Gasteiger partial charge in [-0.1, -0.05) is 0 Å². The first-order valence-corrected chi connectivity index (χ1v) is 7.47. The Balaban J connectivity index is 2.48. The number of aryl methyl sites for hydroxylation is 1. The van der Waals surface area contributed by atoms with Crippen LogP contribution in [-0.4, -0.2) is 34.6 Å². The minimum Gasteiger partial charge on any atom is -0.504 e. The van der Waals surface area contributed by atoms with E-state index < -0.39 is 16.9 Å². The molecule has 0 spiro atoms. The number of ether oxygens (including phenoxy) is 2. The number of benzene rings is 2. The smallest absolute Gasteiger partial charge is 0.239 e. The summed E-state index contributed by atoms with van der Waals surface area (Å²) in [5, 5.41) is 39.5. The van der Waals surface area contributed by atoms with Gasteiger partial charge in [-0.15, -0.1) is 0 Å². The molecule has 0 saturated heterocycles. The number of rotatable bonds is 3. The largest absolute Gasteiger partial charge is 0.504 e. The highest BCUT2D eigenvalue weighted by Crippen LogP contribution is 2.46. The molecule has 0 fully saturated rings. The lowest BCUT2D eigenvalue weighted by molar-refractivity contribution is 0.344. The number of hydrogen-bond donors (Lipinski definition) is 4. The number of phenolic OH excluding ortho intramolecular Hbond substituents is 4. The normalized spacial score (nSPS) is 10.9. The maximum Gasteiger partial charge on any atom is 0.239 e. The summed E-state index contributed by atoms with van der Waals surface area (Å²) in [6.07, 6.45) is 0. The van der Waals surface area contributed by atoms with E-state index >= 15 is 0 Å². The standard InChI is InChI=1S/C18H16O8/c1-7-12(21)17(24-2)13(22)11-14(23)18(25-3)16(26-15(7)11)8-4-5-9(19)10(20)6-8/h4-6,19-22H,1-3H3. The highest BCUT2D eigenvalue weighted by atomic mass is 16.5. The summed E-state index contributed by atoms with van der Waals surface area (Å²) in [4.78, 5) is 12.9. The molecule has 0 aliphatic carbocycles. The van der Waals surface area contributed by atoms with Gasteiger partial charge in [0.1, 0.15) is 11.0 Å². The first-order chi connectivity index (χ1) is 12.3. The van der Waals surface area contributed by atoms with Gasteiger partial charge in [-0.2, -0.15) is 0 Å². The van der Waals surface area contributed by atoms with Crippen molar-refractivity contribution >= 4 is 11.0 Å². The van der Waals surface area contributed by atoms with Crippen LogP contribution in [0.3, 0.4) is 0 Å². The lowest BCUT2D eigenvalue weighted by Crippen LogP contribution is -2.09. The van der Waals surface area contributed by atoms with Gasteiger partial charge in [0.25, 0.3) is 0 Å². The van der Waals surface area contributed by atoms with E-state index in [1.165, 1.54) is 39.3 Å². The summed E-state index contributed by atoms with van der Waals surface area (Å²) in [6.45, 7) is 1.49. The van der Waals surface area contributed by atoms with Gasteiger partial charge in [-0.3, -0.25) is 4.79 Å². The average molecular weight is 360 g/mol. The van der Waals surface area contributed by atoms with Crippen molar-refractivity contribution in [1.29, 1.82) is 0 Å². The van der Waals surface area contributed by atoms with Crippen molar-refractivity contribution in [3.05, 3.63) is 34.0 Å². The van der Waals surface area contributed by atoms with Crippen molar-refractivity contribution in [3.63, 3.8) is 0 Å². The topological polar surface area (TPSA) is 130 Å². The monoisotopic (exact) mass is 360 g/mol. The van der Waals surface area contributed by atoms with E-state index in [2.05, 4.69) is 0 Å². The summed E-state index contributed by atoms with van der Waals surface area (Å²) in [6, 6.07) is 3.84. The minimum atomic E-state index is -0.685. The van der Waals surface area contributed by atoms with Crippen LogP contribution in [0.25, 0.3) is 22.3 Å². The molecule has 0 aliphatic heterocycles. The predicted molar refractivity (Wildman–Crippen MR) is 92.4 cm³/mol. The van der Waals surface area contributed by atoms with Crippen molar-refractivity contribution in [2.24, 2.45) is 0 Å². The lowest BCUT2D eigenvalue weighted by atomic mass is 10.1. The second-order valence-electron chi connectivity index (χ2n) is 5.56. The Kier molecular flexibility index (Phi) is 4.03. The van der Waals surface area contributed by atoms with Crippen molar-refractivity contribution in [3.8, 4) is 45.8 Å². The first-order valence-electron chi connectivity index (χ1n) is 7.47. The Labute approximate surface area is 147 Å². The summed E-state index contributed by atoms with van der Waals surface area (Å²) >= 11 is 0. The predicted octanol–water partition coefficient (Wildman–Crippen LogP) is 2.61. The van der Waals surface area contributed by atoms with Crippen molar-refractivity contribution in [2.45, 2.75) is 6.92 Å². The second-order valence-corrected chi connectivity index (χ2v) is 5.56. The van der Waals surface area contributed by atoms with Gasteiger partial charge < -0.3 is 34.3 Å². The SMILES string of the molecule is COc1c(O)c(C)c2oc(-c3ccc(O)c(O)c3)c(OC)c(=O)c2c1O. The molecule has 0 unspecified atom stereocenters. The van der Waals surface area contributed by atoms with Crippen LogP contribution in [0, 0.1) is 6.92 Å². The number of fused-ring (bicyclic) bond motifs is 1. The fourth-order valence-electron chi connectivity index (χ4n) is 2.74. The van der Waals surface area contributed by atoms with E-state index in [0.29, 0.717) is 0 Å². The van der Waals surface area contributed by atoms with E-state index in [1.807, 2.05) is 0 Å².